The summed E-state index contributed by atoms with van der Waals surface area (Å²) in [5.41, 5.74) is 1.31. The molecule has 1 heterocycles. The maximum atomic E-state index is 12.7. The Bertz CT molecular complexity index is 564. The number of ether oxygens (including phenoxy) is 2. The molecule has 1 aromatic heterocycles. The molecular formula is C18H29NO4. The Hall–Kier alpha value is -1.78. The number of aromatic nitrogens is 1. The second-order valence-electron chi connectivity index (χ2n) is 7.00. The van der Waals surface area contributed by atoms with Gasteiger partial charge in [-0.3, -0.25) is 4.57 Å². The van der Waals surface area contributed by atoms with Gasteiger partial charge in [0, 0.05) is 11.4 Å². The van der Waals surface area contributed by atoms with Crippen molar-refractivity contribution in [2.45, 2.75) is 72.3 Å². The SMILES string of the molecule is CCCCc1c(C(=O)OC)cc(C(C)C)n1C(=O)OC(C)(C)C. The molecule has 0 fully saturated rings. The van der Waals surface area contributed by atoms with Crippen LogP contribution in [-0.4, -0.2) is 29.3 Å². The highest BCUT2D eigenvalue weighted by Crippen LogP contribution is 2.26. The van der Waals surface area contributed by atoms with Crippen molar-refractivity contribution in [3.05, 3.63) is 23.0 Å². The van der Waals surface area contributed by atoms with Crippen LogP contribution < -0.4 is 0 Å². The lowest BCUT2D eigenvalue weighted by atomic mass is 10.1. The summed E-state index contributed by atoms with van der Waals surface area (Å²) in [6.07, 6.45) is 2.04. The topological polar surface area (TPSA) is 57.5 Å². The number of hydrogen-bond donors (Lipinski definition) is 0. The average Bonchev–Trinajstić information content (AvgIpc) is 2.82. The third kappa shape index (κ3) is 4.85. The molecule has 0 spiro atoms. The van der Waals surface area contributed by atoms with Crippen molar-refractivity contribution < 1.29 is 19.1 Å². The summed E-state index contributed by atoms with van der Waals surface area (Å²) in [5.74, 6) is -0.332. The number of methoxy groups -OCH3 is 1. The molecule has 0 bridgehead atoms. The second kappa shape index (κ2) is 7.66. The third-order valence-electron chi connectivity index (χ3n) is 3.47. The van der Waals surface area contributed by atoms with Gasteiger partial charge >= 0.3 is 12.1 Å². The van der Waals surface area contributed by atoms with E-state index in [2.05, 4.69) is 6.92 Å². The summed E-state index contributed by atoms with van der Waals surface area (Å²) in [7, 11) is 1.35. The van der Waals surface area contributed by atoms with E-state index in [1.165, 1.54) is 7.11 Å². The van der Waals surface area contributed by atoms with E-state index >= 15 is 0 Å². The molecule has 0 N–H and O–H groups in total. The van der Waals surface area contributed by atoms with Crippen molar-refractivity contribution >= 4 is 12.1 Å². The molecule has 5 heteroatoms. The highest BCUT2D eigenvalue weighted by molar-refractivity contribution is 5.93. The third-order valence-corrected chi connectivity index (χ3v) is 3.47. The van der Waals surface area contributed by atoms with Crippen LogP contribution in [0.3, 0.4) is 0 Å². The Morgan fingerprint density at radius 2 is 1.87 bits per heavy atom. The van der Waals surface area contributed by atoms with Gasteiger partial charge in [-0.15, -0.1) is 0 Å². The van der Waals surface area contributed by atoms with Crippen LogP contribution in [0.4, 0.5) is 4.79 Å². The molecular weight excluding hydrogens is 294 g/mol. The molecule has 0 aliphatic heterocycles. The Kier molecular flexibility index (Phi) is 6.42. The number of carbonyl (C=O) groups excluding carboxylic acids is 2. The van der Waals surface area contributed by atoms with Crippen LogP contribution in [0.5, 0.6) is 0 Å². The maximum Gasteiger partial charge on any atom is 0.418 e. The zero-order valence-electron chi connectivity index (χ0n) is 15.4. The molecule has 0 atom stereocenters. The van der Waals surface area contributed by atoms with Gasteiger partial charge in [-0.1, -0.05) is 27.2 Å². The molecule has 0 saturated carbocycles. The average molecular weight is 323 g/mol. The summed E-state index contributed by atoms with van der Waals surface area (Å²) in [5, 5.41) is 0. The number of rotatable bonds is 5. The monoisotopic (exact) mass is 323 g/mol. The largest absolute Gasteiger partial charge is 0.465 e. The van der Waals surface area contributed by atoms with Crippen molar-refractivity contribution in [2.75, 3.05) is 7.11 Å². The molecule has 0 aromatic carbocycles. The summed E-state index contributed by atoms with van der Waals surface area (Å²) in [4.78, 5) is 24.8. The highest BCUT2D eigenvalue weighted by atomic mass is 16.6. The molecule has 0 aliphatic rings. The van der Waals surface area contributed by atoms with E-state index in [9.17, 15) is 9.59 Å². The van der Waals surface area contributed by atoms with Crippen LogP contribution in [0.2, 0.25) is 0 Å². The Labute approximate surface area is 139 Å². The van der Waals surface area contributed by atoms with E-state index in [0.29, 0.717) is 17.7 Å². The van der Waals surface area contributed by atoms with Crippen LogP contribution >= 0.6 is 0 Å². The molecule has 1 rings (SSSR count). The fraction of sp³-hybridized carbons (Fsp3) is 0.667. The first kappa shape index (κ1) is 19.3. The fourth-order valence-electron chi connectivity index (χ4n) is 2.40. The van der Waals surface area contributed by atoms with Crippen LogP contribution in [-0.2, 0) is 15.9 Å². The van der Waals surface area contributed by atoms with Gasteiger partial charge in [0.15, 0.2) is 0 Å². The predicted molar refractivity (Wildman–Crippen MR) is 90.1 cm³/mol. The first-order valence-electron chi connectivity index (χ1n) is 8.18. The summed E-state index contributed by atoms with van der Waals surface area (Å²) in [6.45, 7) is 11.5. The van der Waals surface area contributed by atoms with Crippen LogP contribution in [0, 0.1) is 0 Å². The van der Waals surface area contributed by atoms with E-state index in [4.69, 9.17) is 9.47 Å². The van der Waals surface area contributed by atoms with Gasteiger partial charge in [-0.05, 0) is 45.6 Å². The second-order valence-corrected chi connectivity index (χ2v) is 7.00. The van der Waals surface area contributed by atoms with Gasteiger partial charge in [0.25, 0.3) is 0 Å². The molecule has 0 unspecified atom stereocenters. The predicted octanol–water partition coefficient (Wildman–Crippen LogP) is 4.52. The minimum atomic E-state index is -0.594. The minimum absolute atomic E-state index is 0.0845. The minimum Gasteiger partial charge on any atom is -0.465 e. The maximum absolute atomic E-state index is 12.7. The quantitative estimate of drug-likeness (QED) is 0.747. The zero-order valence-corrected chi connectivity index (χ0v) is 15.4. The Morgan fingerprint density at radius 1 is 1.26 bits per heavy atom. The number of hydrogen-bond acceptors (Lipinski definition) is 4. The molecule has 0 amide bonds. The number of unbranched alkanes of at least 4 members (excludes halogenated alkanes) is 1. The van der Waals surface area contributed by atoms with Gasteiger partial charge in [0.05, 0.1) is 12.7 Å². The number of nitrogens with zero attached hydrogens (tertiary/aromatic N) is 1. The Morgan fingerprint density at radius 3 is 2.30 bits per heavy atom. The molecule has 130 valence electrons. The molecule has 1 aromatic rings. The lowest BCUT2D eigenvalue weighted by Gasteiger charge is -2.22. The number of carbonyl (C=O) groups is 2. The van der Waals surface area contributed by atoms with E-state index in [1.54, 1.807) is 10.6 Å². The Balaban J connectivity index is 3.45. The van der Waals surface area contributed by atoms with Crippen molar-refractivity contribution in [3.63, 3.8) is 0 Å². The van der Waals surface area contributed by atoms with Crippen LogP contribution in [0.1, 0.15) is 82.0 Å². The molecule has 0 radical (unpaired) electrons. The molecule has 23 heavy (non-hydrogen) atoms. The highest BCUT2D eigenvalue weighted by Gasteiger charge is 2.28. The van der Waals surface area contributed by atoms with Crippen molar-refractivity contribution in [1.29, 1.82) is 0 Å². The van der Waals surface area contributed by atoms with E-state index in [1.807, 2.05) is 34.6 Å². The lowest BCUT2D eigenvalue weighted by molar-refractivity contribution is 0.0526. The standard InChI is InChI=1S/C18H29NO4/c1-8-9-10-14-13(16(20)22-7)11-15(12(2)3)19(14)17(21)23-18(4,5)6/h11-12H,8-10H2,1-7H3. The molecule has 5 nitrogen and oxygen atoms in total. The van der Waals surface area contributed by atoms with Crippen molar-refractivity contribution in [1.82, 2.24) is 4.57 Å². The number of esters is 1. The van der Waals surface area contributed by atoms with E-state index in [0.717, 1.165) is 18.5 Å². The summed E-state index contributed by atoms with van der Waals surface area (Å²) >= 11 is 0. The van der Waals surface area contributed by atoms with Gasteiger partial charge in [0.2, 0.25) is 0 Å². The van der Waals surface area contributed by atoms with Gasteiger partial charge in [-0.25, -0.2) is 9.59 Å². The van der Waals surface area contributed by atoms with Gasteiger partial charge in [-0.2, -0.15) is 0 Å². The fourth-order valence-corrected chi connectivity index (χ4v) is 2.40. The van der Waals surface area contributed by atoms with E-state index in [-0.39, 0.29) is 5.92 Å². The first-order valence-corrected chi connectivity index (χ1v) is 8.18. The van der Waals surface area contributed by atoms with Crippen LogP contribution in [0.25, 0.3) is 0 Å². The summed E-state index contributed by atoms with van der Waals surface area (Å²) < 4.78 is 12.0. The lowest BCUT2D eigenvalue weighted by Crippen LogP contribution is -2.29. The van der Waals surface area contributed by atoms with Gasteiger partial charge in [0.1, 0.15) is 5.60 Å². The van der Waals surface area contributed by atoms with Crippen molar-refractivity contribution in [2.24, 2.45) is 0 Å². The van der Waals surface area contributed by atoms with Crippen molar-refractivity contribution in [3.8, 4) is 0 Å². The van der Waals surface area contributed by atoms with Crippen LogP contribution in [0.15, 0.2) is 6.07 Å². The smallest absolute Gasteiger partial charge is 0.418 e. The zero-order chi connectivity index (χ0) is 17.8. The molecule has 0 saturated heterocycles. The summed E-state index contributed by atoms with van der Waals surface area (Å²) in [6, 6.07) is 1.76. The normalized spacial score (nSPS) is 11.7. The van der Waals surface area contributed by atoms with E-state index < -0.39 is 17.7 Å². The van der Waals surface area contributed by atoms with Gasteiger partial charge < -0.3 is 9.47 Å². The first-order chi connectivity index (χ1) is 10.6. The molecule has 0 aliphatic carbocycles.